The first-order chi connectivity index (χ1) is 13.6. The summed E-state index contributed by atoms with van der Waals surface area (Å²) in [6.45, 7) is 1.61. The van der Waals surface area contributed by atoms with Crippen molar-refractivity contribution in [1.29, 1.82) is 0 Å². The molecule has 0 atom stereocenters. The molecule has 1 aliphatic heterocycles. The third kappa shape index (κ3) is 4.13. The van der Waals surface area contributed by atoms with Crippen LogP contribution in [0.25, 0.3) is 20.7 Å². The Morgan fingerprint density at radius 1 is 1.07 bits per heavy atom. The summed E-state index contributed by atoms with van der Waals surface area (Å²) in [6, 6.07) is 9.42. The maximum absolute atomic E-state index is 12.9. The molecule has 1 aromatic carbocycles. The Hall–Kier alpha value is -2.18. The second kappa shape index (κ2) is 8.45. The van der Waals surface area contributed by atoms with Crippen molar-refractivity contribution in [2.45, 2.75) is 38.6 Å². The van der Waals surface area contributed by atoms with Gasteiger partial charge in [0.15, 0.2) is 0 Å². The topological polar surface area (TPSA) is 55.2 Å². The first kappa shape index (κ1) is 19.2. The molecule has 1 saturated heterocycles. The fourth-order valence-electron chi connectivity index (χ4n) is 3.56. The highest BCUT2D eigenvalue weighted by atomic mass is 35.5. The van der Waals surface area contributed by atoms with Gasteiger partial charge in [-0.2, -0.15) is 0 Å². The number of nitrogens with zero attached hydrogens (tertiary/aromatic N) is 3. The molecule has 0 radical (unpaired) electrons. The zero-order valence-corrected chi connectivity index (χ0v) is 17.1. The number of amides is 1. The zero-order chi connectivity index (χ0) is 19.5. The lowest BCUT2D eigenvalue weighted by Gasteiger charge is -2.25. The quantitative estimate of drug-likeness (QED) is 0.629. The van der Waals surface area contributed by atoms with Gasteiger partial charge in [-0.05, 0) is 36.6 Å². The van der Waals surface area contributed by atoms with Crippen LogP contribution in [0.4, 0.5) is 0 Å². The lowest BCUT2D eigenvalue weighted by atomic mass is 10.1. The molecule has 0 saturated carbocycles. The standard InChI is InChI=1S/C21H22ClN3O2S/c22-16-8-6-15(7-9-16)18-12-17-20(28-18)21(27)25(14-23-17)13-19(26)24-10-4-2-1-3-5-11-24/h6-9,12,14H,1-5,10-11,13H2. The highest BCUT2D eigenvalue weighted by Gasteiger charge is 2.17. The van der Waals surface area contributed by atoms with Crippen LogP contribution in [0.15, 0.2) is 41.5 Å². The van der Waals surface area contributed by atoms with E-state index in [1.165, 1.54) is 41.5 Å². The van der Waals surface area contributed by atoms with E-state index in [1.807, 2.05) is 35.2 Å². The number of carbonyl (C=O) groups excluding carboxylic acids is 1. The molecule has 0 spiro atoms. The summed E-state index contributed by atoms with van der Waals surface area (Å²) in [5.41, 5.74) is 1.50. The molecule has 7 heteroatoms. The van der Waals surface area contributed by atoms with E-state index in [4.69, 9.17) is 11.6 Å². The molecule has 146 valence electrons. The molecule has 1 aliphatic rings. The monoisotopic (exact) mass is 415 g/mol. The number of carbonyl (C=O) groups is 1. The molecule has 0 bridgehead atoms. The van der Waals surface area contributed by atoms with E-state index < -0.39 is 0 Å². The van der Waals surface area contributed by atoms with Gasteiger partial charge >= 0.3 is 0 Å². The molecular formula is C21H22ClN3O2S. The largest absolute Gasteiger partial charge is 0.341 e. The molecule has 2 aromatic heterocycles. The minimum Gasteiger partial charge on any atom is -0.341 e. The van der Waals surface area contributed by atoms with Crippen LogP contribution in [0, 0.1) is 0 Å². The van der Waals surface area contributed by atoms with Crippen molar-refractivity contribution < 1.29 is 4.79 Å². The Labute approximate surface area is 172 Å². The van der Waals surface area contributed by atoms with Crippen molar-refractivity contribution in [3.63, 3.8) is 0 Å². The Balaban J connectivity index is 1.58. The average molecular weight is 416 g/mol. The number of fused-ring (bicyclic) bond motifs is 1. The second-order valence-corrected chi connectivity index (χ2v) is 8.65. The van der Waals surface area contributed by atoms with Crippen LogP contribution in [0.2, 0.25) is 5.02 Å². The van der Waals surface area contributed by atoms with Crippen molar-refractivity contribution in [2.24, 2.45) is 0 Å². The van der Waals surface area contributed by atoms with E-state index in [1.54, 1.807) is 0 Å². The van der Waals surface area contributed by atoms with Crippen LogP contribution in [0.5, 0.6) is 0 Å². The van der Waals surface area contributed by atoms with E-state index in [9.17, 15) is 9.59 Å². The molecule has 4 rings (SSSR count). The van der Waals surface area contributed by atoms with E-state index >= 15 is 0 Å². The third-order valence-electron chi connectivity index (χ3n) is 5.15. The normalized spacial score (nSPS) is 15.4. The van der Waals surface area contributed by atoms with Crippen molar-refractivity contribution in [2.75, 3.05) is 13.1 Å². The smallest absolute Gasteiger partial charge is 0.271 e. The van der Waals surface area contributed by atoms with E-state index in [2.05, 4.69) is 4.98 Å². The van der Waals surface area contributed by atoms with Crippen LogP contribution in [-0.4, -0.2) is 33.4 Å². The number of aromatic nitrogens is 2. The minimum atomic E-state index is -0.157. The van der Waals surface area contributed by atoms with Crippen LogP contribution in [-0.2, 0) is 11.3 Å². The first-order valence-electron chi connectivity index (χ1n) is 9.64. The van der Waals surface area contributed by atoms with Gasteiger partial charge < -0.3 is 4.90 Å². The molecule has 3 heterocycles. The summed E-state index contributed by atoms with van der Waals surface area (Å²) in [6.07, 6.45) is 7.14. The number of hydrogen-bond acceptors (Lipinski definition) is 4. The number of benzene rings is 1. The summed E-state index contributed by atoms with van der Waals surface area (Å²) in [5.74, 6) is -0.000342. The van der Waals surface area contributed by atoms with Crippen LogP contribution < -0.4 is 5.56 Å². The maximum Gasteiger partial charge on any atom is 0.271 e. The maximum atomic E-state index is 12.9. The van der Waals surface area contributed by atoms with Crippen LogP contribution in [0.1, 0.15) is 32.1 Å². The van der Waals surface area contributed by atoms with Gasteiger partial charge in [-0.25, -0.2) is 4.98 Å². The van der Waals surface area contributed by atoms with Crippen molar-refractivity contribution in [1.82, 2.24) is 14.5 Å². The van der Waals surface area contributed by atoms with Crippen molar-refractivity contribution in [3.05, 3.63) is 52.0 Å². The fourth-order valence-corrected chi connectivity index (χ4v) is 4.75. The highest BCUT2D eigenvalue weighted by molar-refractivity contribution is 7.22. The number of thiophene rings is 1. The fraction of sp³-hybridized carbons (Fsp3) is 0.381. The van der Waals surface area contributed by atoms with Crippen LogP contribution >= 0.6 is 22.9 Å². The first-order valence-corrected chi connectivity index (χ1v) is 10.8. The predicted octanol–water partition coefficient (Wildman–Crippen LogP) is 4.57. The summed E-state index contributed by atoms with van der Waals surface area (Å²) < 4.78 is 2.01. The van der Waals surface area contributed by atoms with E-state index in [0.29, 0.717) is 15.2 Å². The highest BCUT2D eigenvalue weighted by Crippen LogP contribution is 2.31. The number of halogens is 1. The number of rotatable bonds is 3. The van der Waals surface area contributed by atoms with E-state index in [-0.39, 0.29) is 18.0 Å². The van der Waals surface area contributed by atoms with Crippen molar-refractivity contribution >= 4 is 39.1 Å². The molecule has 5 nitrogen and oxygen atoms in total. The zero-order valence-electron chi connectivity index (χ0n) is 15.6. The minimum absolute atomic E-state index is 0.000342. The third-order valence-corrected chi connectivity index (χ3v) is 6.56. The van der Waals surface area contributed by atoms with E-state index in [0.717, 1.165) is 36.4 Å². The van der Waals surface area contributed by atoms with Gasteiger partial charge in [0.05, 0.1) is 11.8 Å². The SMILES string of the molecule is O=C(Cn1cnc2cc(-c3ccc(Cl)cc3)sc2c1=O)N1CCCCCCC1. The van der Waals surface area contributed by atoms with Gasteiger partial charge in [0, 0.05) is 23.0 Å². The Morgan fingerprint density at radius 3 is 2.46 bits per heavy atom. The molecule has 0 aliphatic carbocycles. The van der Waals surface area contributed by atoms with Crippen molar-refractivity contribution in [3.8, 4) is 10.4 Å². The predicted molar refractivity (Wildman–Crippen MR) is 114 cm³/mol. The van der Waals surface area contributed by atoms with Gasteiger partial charge in [0.25, 0.3) is 5.56 Å². The van der Waals surface area contributed by atoms with Gasteiger partial charge in [-0.1, -0.05) is 43.0 Å². The molecule has 0 unspecified atom stereocenters. The molecule has 28 heavy (non-hydrogen) atoms. The molecular weight excluding hydrogens is 394 g/mol. The molecule has 3 aromatic rings. The lowest BCUT2D eigenvalue weighted by Crippen LogP contribution is -2.38. The number of hydrogen-bond donors (Lipinski definition) is 0. The van der Waals surface area contributed by atoms with Gasteiger partial charge in [-0.15, -0.1) is 11.3 Å². The lowest BCUT2D eigenvalue weighted by molar-refractivity contribution is -0.132. The van der Waals surface area contributed by atoms with Gasteiger partial charge in [0.1, 0.15) is 11.2 Å². The second-order valence-electron chi connectivity index (χ2n) is 7.16. The Bertz CT molecular complexity index is 1030. The summed E-state index contributed by atoms with van der Waals surface area (Å²) in [7, 11) is 0. The summed E-state index contributed by atoms with van der Waals surface area (Å²) >= 11 is 7.36. The summed E-state index contributed by atoms with van der Waals surface area (Å²) in [5, 5.41) is 0.674. The molecule has 0 N–H and O–H groups in total. The Kier molecular flexibility index (Phi) is 5.78. The summed E-state index contributed by atoms with van der Waals surface area (Å²) in [4.78, 5) is 32.9. The van der Waals surface area contributed by atoms with Crippen LogP contribution in [0.3, 0.4) is 0 Å². The molecule has 1 fully saturated rings. The Morgan fingerprint density at radius 2 is 1.75 bits per heavy atom. The van der Waals surface area contributed by atoms with Gasteiger partial charge in [0.2, 0.25) is 5.91 Å². The van der Waals surface area contributed by atoms with Gasteiger partial charge in [-0.3, -0.25) is 14.2 Å². The number of likely N-dealkylation sites (tertiary alicyclic amines) is 1. The molecule has 1 amide bonds. The average Bonchev–Trinajstić information content (AvgIpc) is 3.09.